The number of ether oxygens (including phenoxy) is 3. The Hall–Kier alpha value is -2.77. The van der Waals surface area contributed by atoms with Gasteiger partial charge in [0.25, 0.3) is 5.91 Å². The van der Waals surface area contributed by atoms with Crippen molar-refractivity contribution in [2.45, 2.75) is 26.3 Å². The van der Waals surface area contributed by atoms with E-state index in [0.29, 0.717) is 12.2 Å². The number of carbonyl (C=O) groups excluding carboxylic acids is 3. The van der Waals surface area contributed by atoms with E-state index in [0.717, 1.165) is 0 Å². The lowest BCUT2D eigenvalue weighted by Gasteiger charge is -2.21. The standard InChI is InChI=1S/C17H23NO7/c1-5-10(2)15(17(22)24-4)18-14(20)9-25-16(21)12-7-6-11(23-3)8-13(12)19/h6-8,10,15,19H,5,9H2,1-4H3,(H,18,20)/t10-,15+/m0/s1. The normalized spacial score (nSPS) is 12.6. The van der Waals surface area contributed by atoms with Crippen molar-refractivity contribution in [2.24, 2.45) is 5.92 Å². The Labute approximate surface area is 146 Å². The fourth-order valence-corrected chi connectivity index (χ4v) is 2.03. The molecule has 0 aromatic heterocycles. The third-order valence-electron chi connectivity index (χ3n) is 3.74. The average molecular weight is 353 g/mol. The number of methoxy groups -OCH3 is 2. The molecule has 2 N–H and O–H groups in total. The van der Waals surface area contributed by atoms with Crippen molar-refractivity contribution >= 4 is 17.8 Å². The molecule has 1 aromatic rings. The van der Waals surface area contributed by atoms with Gasteiger partial charge in [0.15, 0.2) is 6.61 Å². The van der Waals surface area contributed by atoms with Crippen LogP contribution in [0.15, 0.2) is 18.2 Å². The van der Waals surface area contributed by atoms with Gasteiger partial charge in [0.05, 0.1) is 14.2 Å². The molecule has 25 heavy (non-hydrogen) atoms. The van der Waals surface area contributed by atoms with E-state index in [-0.39, 0.29) is 17.2 Å². The molecular weight excluding hydrogens is 330 g/mol. The lowest BCUT2D eigenvalue weighted by atomic mass is 9.99. The number of aromatic hydroxyl groups is 1. The molecule has 138 valence electrons. The summed E-state index contributed by atoms with van der Waals surface area (Å²) >= 11 is 0. The number of nitrogens with one attached hydrogen (secondary N) is 1. The molecule has 1 aromatic carbocycles. The summed E-state index contributed by atoms with van der Waals surface area (Å²) < 4.78 is 14.4. The van der Waals surface area contributed by atoms with E-state index in [1.54, 1.807) is 6.92 Å². The maximum Gasteiger partial charge on any atom is 0.342 e. The zero-order chi connectivity index (χ0) is 19.0. The summed E-state index contributed by atoms with van der Waals surface area (Å²) in [5.41, 5.74) is -0.0972. The van der Waals surface area contributed by atoms with Crippen LogP contribution in [0.5, 0.6) is 11.5 Å². The molecule has 0 heterocycles. The lowest BCUT2D eigenvalue weighted by Crippen LogP contribution is -2.47. The predicted molar refractivity (Wildman–Crippen MR) is 88.3 cm³/mol. The van der Waals surface area contributed by atoms with Crippen molar-refractivity contribution in [3.8, 4) is 11.5 Å². The molecular formula is C17H23NO7. The molecule has 0 spiro atoms. The van der Waals surface area contributed by atoms with Crippen molar-refractivity contribution in [2.75, 3.05) is 20.8 Å². The van der Waals surface area contributed by atoms with Crippen molar-refractivity contribution in [3.05, 3.63) is 23.8 Å². The molecule has 8 heteroatoms. The molecule has 0 fully saturated rings. The molecule has 0 aliphatic heterocycles. The van der Waals surface area contributed by atoms with Crippen molar-refractivity contribution in [1.82, 2.24) is 5.32 Å². The van der Waals surface area contributed by atoms with Crippen LogP contribution in [-0.2, 0) is 19.1 Å². The number of esters is 2. The van der Waals surface area contributed by atoms with Crippen LogP contribution >= 0.6 is 0 Å². The SMILES string of the molecule is CC[C@H](C)[C@@H](NC(=O)COC(=O)c1ccc(OC)cc1O)C(=O)OC. The van der Waals surface area contributed by atoms with Gasteiger partial charge in [-0.05, 0) is 18.1 Å². The number of amides is 1. The molecule has 8 nitrogen and oxygen atoms in total. The third-order valence-corrected chi connectivity index (χ3v) is 3.74. The highest BCUT2D eigenvalue weighted by molar-refractivity contribution is 5.94. The number of hydrogen-bond acceptors (Lipinski definition) is 7. The van der Waals surface area contributed by atoms with E-state index < -0.39 is 30.5 Å². The zero-order valence-electron chi connectivity index (χ0n) is 14.7. The molecule has 0 saturated carbocycles. The molecule has 0 bridgehead atoms. The first-order valence-corrected chi connectivity index (χ1v) is 7.75. The van der Waals surface area contributed by atoms with Crippen LogP contribution in [0.1, 0.15) is 30.6 Å². The number of phenolic OH excluding ortho intramolecular Hbond substituents is 1. The Bertz CT molecular complexity index is 629. The summed E-state index contributed by atoms with van der Waals surface area (Å²) in [4.78, 5) is 35.6. The van der Waals surface area contributed by atoms with Gasteiger partial charge in [-0.25, -0.2) is 9.59 Å². The molecule has 1 amide bonds. The first kappa shape index (κ1) is 20.3. The van der Waals surface area contributed by atoms with Crippen molar-refractivity contribution < 1.29 is 33.7 Å². The maximum absolute atomic E-state index is 11.9. The first-order valence-electron chi connectivity index (χ1n) is 7.75. The van der Waals surface area contributed by atoms with E-state index in [1.807, 2.05) is 6.92 Å². The first-order chi connectivity index (χ1) is 11.8. The quantitative estimate of drug-likeness (QED) is 0.677. The molecule has 0 unspecified atom stereocenters. The molecule has 0 aliphatic rings. The third kappa shape index (κ3) is 5.66. The fourth-order valence-electron chi connectivity index (χ4n) is 2.03. The average Bonchev–Trinajstić information content (AvgIpc) is 2.62. The van der Waals surface area contributed by atoms with Gasteiger partial charge in [-0.1, -0.05) is 20.3 Å². The van der Waals surface area contributed by atoms with Crippen LogP contribution < -0.4 is 10.1 Å². The molecule has 0 radical (unpaired) electrons. The number of hydrogen-bond donors (Lipinski definition) is 2. The van der Waals surface area contributed by atoms with Gasteiger partial charge in [-0.15, -0.1) is 0 Å². The Kier molecular flexibility index (Phi) is 7.71. The molecule has 2 atom stereocenters. The lowest BCUT2D eigenvalue weighted by molar-refractivity contribution is -0.147. The highest BCUT2D eigenvalue weighted by Gasteiger charge is 2.27. The second kappa shape index (κ2) is 9.51. The van der Waals surface area contributed by atoms with E-state index in [9.17, 15) is 19.5 Å². The summed E-state index contributed by atoms with van der Waals surface area (Å²) in [6.45, 7) is 3.08. The number of benzene rings is 1. The second-order valence-electron chi connectivity index (χ2n) is 5.41. The summed E-state index contributed by atoms with van der Waals surface area (Å²) in [5.74, 6) is -2.16. The van der Waals surface area contributed by atoms with Crippen LogP contribution in [0.4, 0.5) is 0 Å². The summed E-state index contributed by atoms with van der Waals surface area (Å²) in [6.07, 6.45) is 0.652. The van der Waals surface area contributed by atoms with Gasteiger partial charge < -0.3 is 24.6 Å². The van der Waals surface area contributed by atoms with Crippen LogP contribution in [-0.4, -0.2) is 49.8 Å². The van der Waals surface area contributed by atoms with E-state index in [4.69, 9.17) is 9.47 Å². The van der Waals surface area contributed by atoms with Crippen molar-refractivity contribution in [3.63, 3.8) is 0 Å². The van der Waals surface area contributed by atoms with Gasteiger partial charge in [0, 0.05) is 6.07 Å². The highest BCUT2D eigenvalue weighted by atomic mass is 16.5. The maximum atomic E-state index is 11.9. The minimum atomic E-state index is -0.867. The van der Waals surface area contributed by atoms with E-state index in [1.165, 1.54) is 32.4 Å². The van der Waals surface area contributed by atoms with Crippen LogP contribution in [0, 0.1) is 5.92 Å². The minimum absolute atomic E-state index is 0.0972. The van der Waals surface area contributed by atoms with E-state index in [2.05, 4.69) is 10.1 Å². The fraction of sp³-hybridized carbons (Fsp3) is 0.471. The second-order valence-corrected chi connectivity index (χ2v) is 5.41. The topological polar surface area (TPSA) is 111 Å². The van der Waals surface area contributed by atoms with Gasteiger partial charge in [-0.2, -0.15) is 0 Å². The predicted octanol–water partition coefficient (Wildman–Crippen LogP) is 1.26. The number of phenols is 1. The zero-order valence-corrected chi connectivity index (χ0v) is 14.7. The Morgan fingerprint density at radius 3 is 2.44 bits per heavy atom. The minimum Gasteiger partial charge on any atom is -0.507 e. The van der Waals surface area contributed by atoms with Gasteiger partial charge in [0.2, 0.25) is 0 Å². The molecule has 0 aliphatic carbocycles. The Morgan fingerprint density at radius 1 is 1.24 bits per heavy atom. The largest absolute Gasteiger partial charge is 0.507 e. The van der Waals surface area contributed by atoms with Crippen LogP contribution in [0.2, 0.25) is 0 Å². The van der Waals surface area contributed by atoms with Crippen molar-refractivity contribution in [1.29, 1.82) is 0 Å². The van der Waals surface area contributed by atoms with Crippen LogP contribution in [0.3, 0.4) is 0 Å². The highest BCUT2D eigenvalue weighted by Crippen LogP contribution is 2.23. The summed E-state index contributed by atoms with van der Waals surface area (Å²) in [7, 11) is 2.66. The molecule has 0 saturated heterocycles. The van der Waals surface area contributed by atoms with Crippen LogP contribution in [0.25, 0.3) is 0 Å². The Morgan fingerprint density at radius 2 is 1.92 bits per heavy atom. The summed E-state index contributed by atoms with van der Waals surface area (Å²) in [5, 5.41) is 12.3. The molecule has 1 rings (SSSR count). The van der Waals surface area contributed by atoms with E-state index >= 15 is 0 Å². The number of carbonyl (C=O) groups is 3. The summed E-state index contributed by atoms with van der Waals surface area (Å²) in [6, 6.07) is 3.24. The monoisotopic (exact) mass is 353 g/mol. The van der Waals surface area contributed by atoms with Gasteiger partial charge >= 0.3 is 11.9 Å². The smallest absolute Gasteiger partial charge is 0.342 e. The van der Waals surface area contributed by atoms with Gasteiger partial charge in [0.1, 0.15) is 23.1 Å². The Balaban J connectivity index is 2.65. The van der Waals surface area contributed by atoms with Gasteiger partial charge in [-0.3, -0.25) is 4.79 Å². The number of rotatable bonds is 8.